The normalized spacial score (nSPS) is 14.1. The van der Waals surface area contributed by atoms with Crippen LogP contribution in [0.25, 0.3) is 10.8 Å². The van der Waals surface area contributed by atoms with Gasteiger partial charge in [0.15, 0.2) is 11.5 Å². The highest BCUT2D eigenvalue weighted by Crippen LogP contribution is 2.31. The molecule has 0 saturated heterocycles. The number of likely N-dealkylation sites (N-methyl/N-ethyl adjacent to an activating group) is 1. The van der Waals surface area contributed by atoms with Gasteiger partial charge in [0.05, 0.1) is 6.04 Å². The van der Waals surface area contributed by atoms with Crippen molar-refractivity contribution in [2.24, 2.45) is 0 Å². The fourth-order valence-corrected chi connectivity index (χ4v) is 3.32. The summed E-state index contributed by atoms with van der Waals surface area (Å²) in [7, 11) is 1.95. The second-order valence-corrected chi connectivity index (χ2v) is 7.12. The van der Waals surface area contributed by atoms with Gasteiger partial charge in [0, 0.05) is 12.2 Å². The van der Waals surface area contributed by atoms with E-state index < -0.39 is 0 Å². The summed E-state index contributed by atoms with van der Waals surface area (Å²) in [6.07, 6.45) is 0. The number of carbonyl (C=O) groups excluding carboxylic acids is 1. The molecule has 0 bridgehead atoms. The van der Waals surface area contributed by atoms with Gasteiger partial charge in [0.25, 0.3) is 0 Å². The zero-order chi connectivity index (χ0) is 19.5. The molecule has 0 aliphatic carbocycles. The Kier molecular flexibility index (Phi) is 5.17. The van der Waals surface area contributed by atoms with Gasteiger partial charge in [-0.1, -0.05) is 36.4 Å². The summed E-state index contributed by atoms with van der Waals surface area (Å²) < 4.78 is 11.2. The molecule has 1 aliphatic heterocycles. The lowest BCUT2D eigenvalue weighted by atomic mass is 10.1. The second kappa shape index (κ2) is 7.90. The lowest BCUT2D eigenvalue weighted by molar-refractivity contribution is -0.120. The first-order chi connectivity index (χ1) is 13.6. The molecule has 5 heteroatoms. The molecule has 0 radical (unpaired) electrons. The molecule has 144 valence electrons. The van der Waals surface area contributed by atoms with Gasteiger partial charge in [0.2, 0.25) is 5.91 Å². The summed E-state index contributed by atoms with van der Waals surface area (Å²) in [5.41, 5.74) is 1.89. The Morgan fingerprint density at radius 2 is 1.75 bits per heavy atom. The first-order valence-electron chi connectivity index (χ1n) is 9.48. The molecule has 1 heterocycles. The van der Waals surface area contributed by atoms with Crippen molar-refractivity contribution < 1.29 is 14.3 Å². The Labute approximate surface area is 164 Å². The number of nitrogens with one attached hydrogen (secondary N) is 1. The van der Waals surface area contributed by atoms with E-state index in [1.165, 1.54) is 0 Å². The maximum atomic E-state index is 12.7. The third-order valence-corrected chi connectivity index (χ3v) is 5.10. The molecule has 1 amide bonds. The Morgan fingerprint density at radius 1 is 1.00 bits per heavy atom. The molecule has 1 atom stereocenters. The fraction of sp³-hybridized carbons (Fsp3) is 0.261. The van der Waals surface area contributed by atoms with Crippen molar-refractivity contribution >= 4 is 22.4 Å². The zero-order valence-electron chi connectivity index (χ0n) is 16.1. The number of fused-ring (bicyclic) bond motifs is 2. The van der Waals surface area contributed by atoms with Crippen molar-refractivity contribution in [3.63, 3.8) is 0 Å². The Morgan fingerprint density at radius 3 is 2.57 bits per heavy atom. The number of hydrogen-bond acceptors (Lipinski definition) is 4. The lowest BCUT2D eigenvalue weighted by Gasteiger charge is -2.25. The third kappa shape index (κ3) is 3.94. The predicted molar refractivity (Wildman–Crippen MR) is 111 cm³/mol. The summed E-state index contributed by atoms with van der Waals surface area (Å²) in [4.78, 5) is 14.7. The summed E-state index contributed by atoms with van der Waals surface area (Å²) in [5, 5.41) is 5.29. The van der Waals surface area contributed by atoms with Crippen LogP contribution >= 0.6 is 0 Å². The first kappa shape index (κ1) is 18.3. The molecule has 0 aromatic heterocycles. The van der Waals surface area contributed by atoms with Crippen LogP contribution in [0.2, 0.25) is 0 Å². The molecule has 0 unspecified atom stereocenters. The number of nitrogens with zero attached hydrogens (tertiary/aromatic N) is 1. The fourth-order valence-electron chi connectivity index (χ4n) is 3.32. The number of anilines is 1. The van der Waals surface area contributed by atoms with Crippen LogP contribution in [0, 0.1) is 0 Å². The first-order valence-corrected chi connectivity index (χ1v) is 9.48. The van der Waals surface area contributed by atoms with Gasteiger partial charge in [-0.2, -0.15) is 0 Å². The van der Waals surface area contributed by atoms with Crippen LogP contribution in [0.5, 0.6) is 11.5 Å². The SMILES string of the molecule is C[C@@H](C(=O)Nc1ccc2ccccc2c1)N(C)Cc1ccc2c(c1)OCCO2. The topological polar surface area (TPSA) is 50.8 Å². The minimum absolute atomic E-state index is 0.0321. The summed E-state index contributed by atoms with van der Waals surface area (Å²) in [6.45, 7) is 3.70. The van der Waals surface area contributed by atoms with Gasteiger partial charge in [-0.15, -0.1) is 0 Å². The standard InChI is InChI=1S/C23H24N2O3/c1-16(23(26)24-20-9-8-18-5-3-4-6-19(18)14-20)25(2)15-17-7-10-21-22(13-17)28-12-11-27-21/h3-10,13-14,16H,11-12,15H2,1-2H3,(H,24,26)/t16-/m0/s1. The predicted octanol–water partition coefficient (Wildman–Crippen LogP) is 4.07. The van der Waals surface area contributed by atoms with E-state index in [0.29, 0.717) is 19.8 Å². The van der Waals surface area contributed by atoms with Crippen LogP contribution in [-0.2, 0) is 11.3 Å². The highest BCUT2D eigenvalue weighted by atomic mass is 16.6. The molecule has 28 heavy (non-hydrogen) atoms. The maximum Gasteiger partial charge on any atom is 0.241 e. The van der Waals surface area contributed by atoms with E-state index in [2.05, 4.69) is 11.4 Å². The van der Waals surface area contributed by atoms with E-state index in [4.69, 9.17) is 9.47 Å². The molecule has 4 rings (SSSR count). The van der Waals surface area contributed by atoms with E-state index in [9.17, 15) is 4.79 Å². The monoisotopic (exact) mass is 376 g/mol. The number of benzene rings is 3. The Hall–Kier alpha value is -3.05. The van der Waals surface area contributed by atoms with Gasteiger partial charge >= 0.3 is 0 Å². The van der Waals surface area contributed by atoms with E-state index in [1.807, 2.05) is 73.5 Å². The molecule has 0 spiro atoms. The average Bonchev–Trinajstić information content (AvgIpc) is 2.73. The molecule has 5 nitrogen and oxygen atoms in total. The molecule has 1 aliphatic rings. The quantitative estimate of drug-likeness (QED) is 0.729. The lowest BCUT2D eigenvalue weighted by Crippen LogP contribution is -2.39. The van der Waals surface area contributed by atoms with Crippen LogP contribution in [0.15, 0.2) is 60.7 Å². The van der Waals surface area contributed by atoms with Crippen molar-refractivity contribution in [3.05, 3.63) is 66.2 Å². The molecule has 1 N–H and O–H groups in total. The number of amides is 1. The number of hydrogen-bond donors (Lipinski definition) is 1. The molecule has 0 saturated carbocycles. The van der Waals surface area contributed by atoms with Crippen LogP contribution in [0.4, 0.5) is 5.69 Å². The maximum absolute atomic E-state index is 12.7. The third-order valence-electron chi connectivity index (χ3n) is 5.10. The van der Waals surface area contributed by atoms with Gasteiger partial charge in [0.1, 0.15) is 13.2 Å². The molecule has 3 aromatic carbocycles. The van der Waals surface area contributed by atoms with Crippen molar-refractivity contribution in [1.29, 1.82) is 0 Å². The van der Waals surface area contributed by atoms with Gasteiger partial charge in [-0.25, -0.2) is 0 Å². The van der Waals surface area contributed by atoms with Gasteiger partial charge in [-0.05, 0) is 54.6 Å². The summed E-state index contributed by atoms with van der Waals surface area (Å²) in [5.74, 6) is 1.51. The minimum atomic E-state index is -0.278. The largest absolute Gasteiger partial charge is 0.486 e. The number of rotatable bonds is 5. The van der Waals surface area contributed by atoms with Crippen molar-refractivity contribution in [3.8, 4) is 11.5 Å². The van der Waals surface area contributed by atoms with Crippen molar-refractivity contribution in [1.82, 2.24) is 4.90 Å². The van der Waals surface area contributed by atoms with Crippen LogP contribution in [0.1, 0.15) is 12.5 Å². The highest BCUT2D eigenvalue weighted by Gasteiger charge is 2.19. The summed E-state index contributed by atoms with van der Waals surface area (Å²) in [6, 6.07) is 19.7. The smallest absolute Gasteiger partial charge is 0.241 e. The molecule has 3 aromatic rings. The van der Waals surface area contributed by atoms with Crippen LogP contribution < -0.4 is 14.8 Å². The molecular formula is C23H24N2O3. The van der Waals surface area contributed by atoms with E-state index in [1.54, 1.807) is 0 Å². The van der Waals surface area contributed by atoms with Crippen molar-refractivity contribution in [2.75, 3.05) is 25.6 Å². The molecule has 0 fully saturated rings. The van der Waals surface area contributed by atoms with Gasteiger partial charge < -0.3 is 14.8 Å². The minimum Gasteiger partial charge on any atom is -0.486 e. The van der Waals surface area contributed by atoms with E-state index in [0.717, 1.165) is 33.5 Å². The van der Waals surface area contributed by atoms with Crippen LogP contribution in [0.3, 0.4) is 0 Å². The number of carbonyl (C=O) groups is 1. The van der Waals surface area contributed by atoms with Crippen molar-refractivity contribution in [2.45, 2.75) is 19.5 Å². The molecular weight excluding hydrogens is 352 g/mol. The van der Waals surface area contributed by atoms with Crippen LogP contribution in [-0.4, -0.2) is 37.1 Å². The second-order valence-electron chi connectivity index (χ2n) is 7.12. The zero-order valence-corrected chi connectivity index (χ0v) is 16.1. The summed E-state index contributed by atoms with van der Waals surface area (Å²) >= 11 is 0. The average molecular weight is 376 g/mol. The highest BCUT2D eigenvalue weighted by molar-refractivity contribution is 5.97. The van der Waals surface area contributed by atoms with Gasteiger partial charge in [-0.3, -0.25) is 9.69 Å². The number of ether oxygens (including phenoxy) is 2. The van der Waals surface area contributed by atoms with E-state index >= 15 is 0 Å². The Balaban J connectivity index is 1.41. The Bertz CT molecular complexity index is 1000. The van der Waals surface area contributed by atoms with E-state index in [-0.39, 0.29) is 11.9 Å².